The minimum atomic E-state index is 0.682. The standard InChI is InChI=1S/C66H53N5/c1-2-3-4-5-6-8-21-45-34-39-65-57(40-45)56-28-15-20-33-64(56)69(65)49-37-35-46(36-38-49)58-44-59(68-66(67-58)47-22-9-7-10-23-47)48-41-50(70-60-29-16-11-24-52(60)53-25-12-17-30-61(53)70)43-51(42-48)71-62-31-18-13-26-54(62)55-27-14-19-32-63(55)71/h7,9-20,22-44H,2-6,8,21H2,1H3. The van der Waals surface area contributed by atoms with E-state index in [1.165, 1.54) is 87.4 Å². The molecule has 342 valence electrons. The van der Waals surface area contributed by atoms with Gasteiger partial charge in [0, 0.05) is 66.1 Å². The number of aryl methyl sites for hydroxylation is 1. The lowest BCUT2D eigenvalue weighted by atomic mass is 10.0. The van der Waals surface area contributed by atoms with Crippen LogP contribution in [0.4, 0.5) is 0 Å². The average Bonchev–Trinajstić information content (AvgIpc) is 4.08. The summed E-state index contributed by atoms with van der Waals surface area (Å²) in [5.41, 5.74) is 16.4. The summed E-state index contributed by atoms with van der Waals surface area (Å²) in [5, 5.41) is 7.48. The summed E-state index contributed by atoms with van der Waals surface area (Å²) in [6.07, 6.45) is 8.96. The lowest BCUT2D eigenvalue weighted by molar-refractivity contribution is 0.607. The monoisotopic (exact) mass is 915 g/mol. The average molecular weight is 916 g/mol. The molecule has 0 fully saturated rings. The first-order valence-electron chi connectivity index (χ1n) is 25.4. The molecular formula is C66H53N5. The van der Waals surface area contributed by atoms with Gasteiger partial charge in [0.05, 0.1) is 44.5 Å². The largest absolute Gasteiger partial charge is 0.309 e. The molecule has 0 aliphatic heterocycles. The van der Waals surface area contributed by atoms with Crippen molar-refractivity contribution in [1.82, 2.24) is 23.7 Å². The predicted octanol–water partition coefficient (Wildman–Crippen LogP) is 17.7. The quantitative estimate of drug-likeness (QED) is 0.108. The second-order valence-electron chi connectivity index (χ2n) is 19.1. The van der Waals surface area contributed by atoms with E-state index in [2.05, 4.69) is 233 Å². The Kier molecular flexibility index (Phi) is 10.8. The van der Waals surface area contributed by atoms with E-state index < -0.39 is 0 Å². The SMILES string of the molecule is CCCCCCCCc1ccc2c(c1)c1ccccc1n2-c1ccc(-c2cc(-c3cc(-n4c5ccccc5c5ccccc54)cc(-n4c5ccccc5c5ccccc54)c3)nc(-c3ccccc3)n2)cc1. The molecule has 0 saturated carbocycles. The maximum Gasteiger partial charge on any atom is 0.160 e. The van der Waals surface area contributed by atoms with E-state index in [9.17, 15) is 0 Å². The van der Waals surface area contributed by atoms with Crippen LogP contribution in [0.5, 0.6) is 0 Å². The van der Waals surface area contributed by atoms with Crippen LogP contribution in [0, 0.1) is 0 Å². The number of hydrogen-bond acceptors (Lipinski definition) is 2. The zero-order valence-electron chi connectivity index (χ0n) is 40.0. The number of aromatic nitrogens is 5. The zero-order chi connectivity index (χ0) is 47.3. The van der Waals surface area contributed by atoms with Gasteiger partial charge in [-0.25, -0.2) is 9.97 Å². The fraction of sp³-hybridized carbons (Fsp3) is 0.121. The van der Waals surface area contributed by atoms with E-state index in [-0.39, 0.29) is 0 Å². The van der Waals surface area contributed by atoms with Crippen molar-refractivity contribution < 1.29 is 0 Å². The normalized spacial score (nSPS) is 11.8. The highest BCUT2D eigenvalue weighted by molar-refractivity contribution is 6.11. The molecule has 0 unspecified atom stereocenters. The Hall–Kier alpha value is -8.54. The minimum absolute atomic E-state index is 0.682. The van der Waals surface area contributed by atoms with Crippen LogP contribution in [0.1, 0.15) is 51.0 Å². The third kappa shape index (κ3) is 7.57. The second-order valence-corrected chi connectivity index (χ2v) is 19.1. The molecule has 0 aliphatic carbocycles. The van der Waals surface area contributed by atoms with Gasteiger partial charge in [0.2, 0.25) is 0 Å². The smallest absolute Gasteiger partial charge is 0.160 e. The molecule has 0 amide bonds. The zero-order valence-corrected chi connectivity index (χ0v) is 40.0. The van der Waals surface area contributed by atoms with Crippen molar-refractivity contribution in [3.63, 3.8) is 0 Å². The molecule has 0 N–H and O–H groups in total. The van der Waals surface area contributed by atoms with Gasteiger partial charge in [0.25, 0.3) is 0 Å². The maximum atomic E-state index is 5.43. The number of rotatable bonds is 13. The Morgan fingerprint density at radius 2 is 0.746 bits per heavy atom. The summed E-state index contributed by atoms with van der Waals surface area (Å²) in [7, 11) is 0. The van der Waals surface area contributed by atoms with Crippen molar-refractivity contribution in [1.29, 1.82) is 0 Å². The van der Waals surface area contributed by atoms with Crippen LogP contribution < -0.4 is 0 Å². The fourth-order valence-electron chi connectivity index (χ4n) is 11.2. The molecule has 4 aromatic heterocycles. The van der Waals surface area contributed by atoms with Crippen LogP contribution >= 0.6 is 0 Å². The van der Waals surface area contributed by atoms with Crippen LogP contribution in [-0.4, -0.2) is 23.7 Å². The van der Waals surface area contributed by atoms with E-state index in [1.807, 2.05) is 6.07 Å². The van der Waals surface area contributed by atoms with E-state index in [4.69, 9.17) is 9.97 Å². The summed E-state index contributed by atoms with van der Waals surface area (Å²) in [5.74, 6) is 0.682. The van der Waals surface area contributed by atoms with E-state index in [0.717, 1.165) is 73.6 Å². The van der Waals surface area contributed by atoms with Crippen molar-refractivity contribution in [3.8, 4) is 51.0 Å². The van der Waals surface area contributed by atoms with Gasteiger partial charge in [-0.3, -0.25) is 0 Å². The minimum Gasteiger partial charge on any atom is -0.309 e. The van der Waals surface area contributed by atoms with Crippen LogP contribution in [0.2, 0.25) is 0 Å². The number of para-hydroxylation sites is 5. The molecule has 9 aromatic carbocycles. The molecule has 0 radical (unpaired) electrons. The third-order valence-electron chi connectivity index (χ3n) is 14.6. The van der Waals surface area contributed by atoms with Gasteiger partial charge in [-0.05, 0) is 97.3 Å². The topological polar surface area (TPSA) is 40.6 Å². The van der Waals surface area contributed by atoms with Crippen molar-refractivity contribution in [2.45, 2.75) is 51.9 Å². The Labute approximate surface area is 413 Å². The number of fused-ring (bicyclic) bond motifs is 9. The van der Waals surface area contributed by atoms with Crippen molar-refractivity contribution in [2.24, 2.45) is 0 Å². The van der Waals surface area contributed by atoms with Crippen LogP contribution in [0.15, 0.2) is 218 Å². The van der Waals surface area contributed by atoms with Gasteiger partial charge in [-0.15, -0.1) is 0 Å². The van der Waals surface area contributed by atoms with Gasteiger partial charge in [-0.1, -0.05) is 179 Å². The van der Waals surface area contributed by atoms with Crippen LogP contribution in [-0.2, 0) is 6.42 Å². The number of benzene rings is 9. The first-order chi connectivity index (χ1) is 35.2. The summed E-state index contributed by atoms with van der Waals surface area (Å²) in [6, 6.07) is 79.3. The first-order valence-corrected chi connectivity index (χ1v) is 25.4. The lowest BCUT2D eigenvalue weighted by Crippen LogP contribution is -2.01. The molecule has 4 heterocycles. The molecular weight excluding hydrogens is 863 g/mol. The van der Waals surface area contributed by atoms with Crippen LogP contribution in [0.25, 0.3) is 116 Å². The molecule has 0 bridgehead atoms. The van der Waals surface area contributed by atoms with Gasteiger partial charge < -0.3 is 13.7 Å². The number of hydrogen-bond donors (Lipinski definition) is 0. The molecule has 0 spiro atoms. The predicted molar refractivity (Wildman–Crippen MR) is 298 cm³/mol. The highest BCUT2D eigenvalue weighted by Gasteiger charge is 2.20. The highest BCUT2D eigenvalue weighted by Crippen LogP contribution is 2.39. The third-order valence-corrected chi connectivity index (χ3v) is 14.6. The molecule has 0 atom stereocenters. The summed E-state index contributed by atoms with van der Waals surface area (Å²) >= 11 is 0. The summed E-state index contributed by atoms with van der Waals surface area (Å²) < 4.78 is 7.24. The highest BCUT2D eigenvalue weighted by atomic mass is 15.0. The summed E-state index contributed by atoms with van der Waals surface area (Å²) in [6.45, 7) is 2.28. The molecule has 71 heavy (non-hydrogen) atoms. The van der Waals surface area contributed by atoms with Crippen molar-refractivity contribution >= 4 is 65.4 Å². The molecule has 5 heteroatoms. The van der Waals surface area contributed by atoms with Gasteiger partial charge >= 0.3 is 0 Å². The van der Waals surface area contributed by atoms with Gasteiger partial charge in [0.1, 0.15) is 0 Å². The maximum absolute atomic E-state index is 5.43. The molecule has 5 nitrogen and oxygen atoms in total. The Balaban J connectivity index is 0.964. The molecule has 0 aliphatic rings. The Morgan fingerprint density at radius 3 is 1.28 bits per heavy atom. The number of unbranched alkanes of at least 4 members (excludes halogenated alkanes) is 5. The lowest BCUT2D eigenvalue weighted by Gasteiger charge is -2.16. The molecule has 0 saturated heterocycles. The Bertz CT molecular complexity index is 3860. The number of nitrogens with zero attached hydrogens (tertiary/aromatic N) is 5. The molecule has 13 aromatic rings. The first kappa shape index (κ1) is 42.6. The van der Waals surface area contributed by atoms with E-state index >= 15 is 0 Å². The van der Waals surface area contributed by atoms with Crippen molar-refractivity contribution in [2.75, 3.05) is 0 Å². The van der Waals surface area contributed by atoms with E-state index in [1.54, 1.807) is 0 Å². The fourth-order valence-corrected chi connectivity index (χ4v) is 11.2. The van der Waals surface area contributed by atoms with Crippen molar-refractivity contribution in [3.05, 3.63) is 224 Å². The summed E-state index contributed by atoms with van der Waals surface area (Å²) in [4.78, 5) is 10.8. The van der Waals surface area contributed by atoms with Gasteiger partial charge in [0.15, 0.2) is 5.82 Å². The second kappa shape index (κ2) is 18.1. The molecule has 13 rings (SSSR count). The van der Waals surface area contributed by atoms with Crippen LogP contribution in [0.3, 0.4) is 0 Å². The van der Waals surface area contributed by atoms with E-state index in [0.29, 0.717) is 5.82 Å². The Morgan fingerprint density at radius 1 is 0.310 bits per heavy atom. The van der Waals surface area contributed by atoms with Gasteiger partial charge in [-0.2, -0.15) is 0 Å².